The number of aromatic hydroxyl groups is 1. The SMILES string of the molecule is CN1CC[C@]23c4c5c(Cc6ccccc6)cc(O)c4O[C@H]2C(=O)C=C[C@H]3[C@H]1C5. The highest BCUT2D eigenvalue weighted by atomic mass is 16.5. The monoisotopic (exact) mass is 373 g/mol. The summed E-state index contributed by atoms with van der Waals surface area (Å²) in [5.41, 5.74) is 4.47. The van der Waals surface area contributed by atoms with Crippen LogP contribution in [0.2, 0.25) is 0 Å². The number of phenols is 1. The Labute approximate surface area is 164 Å². The van der Waals surface area contributed by atoms with Crippen molar-refractivity contribution in [3.8, 4) is 11.5 Å². The summed E-state index contributed by atoms with van der Waals surface area (Å²) in [6.45, 7) is 0.949. The maximum absolute atomic E-state index is 12.8. The van der Waals surface area contributed by atoms with Gasteiger partial charge in [-0.2, -0.15) is 0 Å². The van der Waals surface area contributed by atoms with Crippen molar-refractivity contribution < 1.29 is 14.6 Å². The van der Waals surface area contributed by atoms with Gasteiger partial charge in [0.05, 0.1) is 5.41 Å². The first-order valence-electron chi connectivity index (χ1n) is 10.1. The van der Waals surface area contributed by atoms with Crippen LogP contribution in [0.5, 0.6) is 11.5 Å². The van der Waals surface area contributed by atoms with Gasteiger partial charge in [0.1, 0.15) is 0 Å². The standard InChI is InChI=1S/C24H23NO3/c1-25-10-9-24-17-7-8-19(26)23(24)28-22-20(27)12-15(11-14-5-3-2-4-6-14)16(21(22)24)13-18(17)25/h2-8,12,17-18,23,27H,9-11,13H2,1H3/t17-,18+,23-,24-/m0/s1. The molecule has 0 aromatic heterocycles. The lowest BCUT2D eigenvalue weighted by Crippen LogP contribution is -2.64. The normalized spacial score (nSPS) is 32.2. The van der Waals surface area contributed by atoms with E-state index in [0.29, 0.717) is 11.8 Å². The first kappa shape index (κ1) is 16.4. The number of nitrogens with zero attached hydrogens (tertiary/aromatic N) is 1. The van der Waals surface area contributed by atoms with Gasteiger partial charge in [-0.05, 0) is 61.7 Å². The molecule has 1 N–H and O–H groups in total. The zero-order chi connectivity index (χ0) is 19.0. The van der Waals surface area contributed by atoms with E-state index >= 15 is 0 Å². The van der Waals surface area contributed by atoms with Crippen LogP contribution in [0.3, 0.4) is 0 Å². The van der Waals surface area contributed by atoms with Crippen molar-refractivity contribution >= 4 is 5.78 Å². The van der Waals surface area contributed by atoms with E-state index < -0.39 is 6.10 Å². The lowest BCUT2D eigenvalue weighted by atomic mass is 9.53. The van der Waals surface area contributed by atoms with Gasteiger partial charge in [-0.3, -0.25) is 4.79 Å². The second-order valence-electron chi connectivity index (χ2n) is 8.73. The molecule has 0 saturated carbocycles. The quantitative estimate of drug-likeness (QED) is 0.879. The fraction of sp³-hybridized carbons (Fsp3) is 0.375. The van der Waals surface area contributed by atoms with Crippen molar-refractivity contribution in [2.24, 2.45) is 5.92 Å². The molecule has 2 aromatic carbocycles. The molecule has 4 atom stereocenters. The van der Waals surface area contributed by atoms with Crippen molar-refractivity contribution in [2.45, 2.75) is 36.8 Å². The molecule has 1 spiro atoms. The van der Waals surface area contributed by atoms with Crippen LogP contribution in [0.4, 0.5) is 0 Å². The summed E-state index contributed by atoms with van der Waals surface area (Å²) in [6.07, 6.45) is 5.93. The third-order valence-electron chi connectivity index (χ3n) is 7.46. The number of piperidine rings is 1. The molecule has 1 fully saturated rings. The smallest absolute Gasteiger partial charge is 0.196 e. The first-order valence-corrected chi connectivity index (χ1v) is 10.1. The van der Waals surface area contributed by atoms with Gasteiger partial charge in [-0.25, -0.2) is 0 Å². The Morgan fingerprint density at radius 2 is 2.11 bits per heavy atom. The summed E-state index contributed by atoms with van der Waals surface area (Å²) in [5, 5.41) is 10.8. The molecule has 1 saturated heterocycles. The Morgan fingerprint density at radius 3 is 2.93 bits per heavy atom. The van der Waals surface area contributed by atoms with Crippen LogP contribution in [0.1, 0.15) is 28.7 Å². The molecular formula is C24H23NO3. The number of hydrogen-bond acceptors (Lipinski definition) is 4. The average Bonchev–Trinajstić information content (AvgIpc) is 3.05. The number of phenolic OH excluding ortho intramolecular Hbond substituents is 1. The topological polar surface area (TPSA) is 49.8 Å². The molecule has 4 heteroatoms. The lowest BCUT2D eigenvalue weighted by molar-refractivity contribution is -0.127. The summed E-state index contributed by atoms with van der Waals surface area (Å²) < 4.78 is 6.19. The van der Waals surface area contributed by atoms with Crippen molar-refractivity contribution in [3.63, 3.8) is 0 Å². The van der Waals surface area contributed by atoms with Crippen LogP contribution in [-0.2, 0) is 23.1 Å². The van der Waals surface area contributed by atoms with E-state index in [4.69, 9.17) is 4.74 Å². The third kappa shape index (κ3) is 1.91. The molecule has 2 aliphatic heterocycles. The van der Waals surface area contributed by atoms with E-state index in [9.17, 15) is 9.90 Å². The van der Waals surface area contributed by atoms with Crippen LogP contribution >= 0.6 is 0 Å². The van der Waals surface area contributed by atoms with Crippen LogP contribution in [0.15, 0.2) is 48.6 Å². The maximum Gasteiger partial charge on any atom is 0.196 e. The molecule has 0 radical (unpaired) electrons. The second kappa shape index (κ2) is 5.48. The summed E-state index contributed by atoms with van der Waals surface area (Å²) in [5.74, 6) is 1.03. The molecule has 2 aromatic rings. The highest BCUT2D eigenvalue weighted by Crippen LogP contribution is 2.62. The highest BCUT2D eigenvalue weighted by Gasteiger charge is 2.64. The fourth-order valence-electron chi connectivity index (χ4n) is 6.21. The molecular weight excluding hydrogens is 350 g/mol. The van der Waals surface area contributed by atoms with Crippen LogP contribution < -0.4 is 4.74 Å². The molecule has 2 bridgehead atoms. The van der Waals surface area contributed by atoms with E-state index in [0.717, 1.165) is 36.9 Å². The Balaban J connectivity index is 1.60. The zero-order valence-corrected chi connectivity index (χ0v) is 15.9. The van der Waals surface area contributed by atoms with Gasteiger partial charge in [0.25, 0.3) is 0 Å². The number of hydrogen-bond donors (Lipinski definition) is 1. The van der Waals surface area contributed by atoms with Crippen molar-refractivity contribution in [3.05, 3.63) is 70.8 Å². The van der Waals surface area contributed by atoms with Gasteiger partial charge < -0.3 is 14.7 Å². The molecule has 4 nitrogen and oxygen atoms in total. The predicted molar refractivity (Wildman–Crippen MR) is 106 cm³/mol. The van der Waals surface area contributed by atoms with E-state index in [1.54, 1.807) is 6.08 Å². The van der Waals surface area contributed by atoms with Crippen molar-refractivity contribution in [1.82, 2.24) is 4.90 Å². The van der Waals surface area contributed by atoms with E-state index in [1.165, 1.54) is 11.1 Å². The number of likely N-dealkylation sites (tertiary alicyclic amines) is 1. The number of carbonyl (C=O) groups excluding carboxylic acids is 1. The third-order valence-corrected chi connectivity index (χ3v) is 7.46. The molecule has 142 valence electrons. The number of carbonyl (C=O) groups is 1. The summed E-state index contributed by atoms with van der Waals surface area (Å²) >= 11 is 0. The molecule has 2 heterocycles. The summed E-state index contributed by atoms with van der Waals surface area (Å²) in [7, 11) is 2.19. The molecule has 4 aliphatic rings. The maximum atomic E-state index is 12.8. The lowest BCUT2D eigenvalue weighted by Gasteiger charge is -2.55. The molecule has 0 unspecified atom stereocenters. The molecule has 28 heavy (non-hydrogen) atoms. The minimum Gasteiger partial charge on any atom is -0.504 e. The second-order valence-corrected chi connectivity index (χ2v) is 8.73. The minimum atomic E-state index is -0.495. The minimum absolute atomic E-state index is 0.0348. The number of ketones is 1. The largest absolute Gasteiger partial charge is 0.504 e. The molecule has 6 rings (SSSR count). The van der Waals surface area contributed by atoms with Gasteiger partial charge in [0.2, 0.25) is 0 Å². The van der Waals surface area contributed by atoms with Gasteiger partial charge in [-0.15, -0.1) is 0 Å². The van der Waals surface area contributed by atoms with Gasteiger partial charge in [0, 0.05) is 17.5 Å². The number of rotatable bonds is 2. The van der Waals surface area contributed by atoms with Crippen LogP contribution in [-0.4, -0.2) is 41.5 Å². The first-order chi connectivity index (χ1) is 13.6. The van der Waals surface area contributed by atoms with Gasteiger partial charge in [0.15, 0.2) is 23.4 Å². The van der Waals surface area contributed by atoms with Crippen LogP contribution in [0, 0.1) is 5.92 Å². The number of benzene rings is 2. The Hall–Kier alpha value is -2.59. The molecule has 0 amide bonds. The van der Waals surface area contributed by atoms with E-state index in [1.807, 2.05) is 12.1 Å². The van der Waals surface area contributed by atoms with E-state index in [-0.39, 0.29) is 22.9 Å². The van der Waals surface area contributed by atoms with Gasteiger partial charge >= 0.3 is 0 Å². The van der Waals surface area contributed by atoms with E-state index in [2.05, 4.69) is 42.3 Å². The van der Waals surface area contributed by atoms with Crippen LogP contribution in [0.25, 0.3) is 0 Å². The Morgan fingerprint density at radius 1 is 1.29 bits per heavy atom. The predicted octanol–water partition coefficient (Wildman–Crippen LogP) is 3.00. The van der Waals surface area contributed by atoms with Crippen molar-refractivity contribution in [2.75, 3.05) is 13.6 Å². The van der Waals surface area contributed by atoms with Gasteiger partial charge in [-0.1, -0.05) is 36.4 Å². The zero-order valence-electron chi connectivity index (χ0n) is 15.9. The van der Waals surface area contributed by atoms with Crippen molar-refractivity contribution in [1.29, 1.82) is 0 Å². The summed E-state index contributed by atoms with van der Waals surface area (Å²) in [4.78, 5) is 15.2. The Bertz CT molecular complexity index is 1030. The average molecular weight is 373 g/mol. The summed E-state index contributed by atoms with van der Waals surface area (Å²) in [6, 6.07) is 12.6. The number of likely N-dealkylation sites (N-methyl/N-ethyl adjacent to an activating group) is 1. The Kier molecular flexibility index (Phi) is 3.20. The highest BCUT2D eigenvalue weighted by molar-refractivity contribution is 5.98. The molecule has 2 aliphatic carbocycles. The fourth-order valence-corrected chi connectivity index (χ4v) is 6.21. The number of ether oxygens (including phenoxy) is 1.